The van der Waals surface area contributed by atoms with Gasteiger partial charge in [0.05, 0.1) is 5.92 Å². The molecule has 0 amide bonds. The highest BCUT2D eigenvalue weighted by atomic mass is 35.5. The number of halogens is 1. The van der Waals surface area contributed by atoms with Crippen molar-refractivity contribution in [2.24, 2.45) is 0 Å². The second-order valence-corrected chi connectivity index (χ2v) is 9.98. The maximum Gasteiger partial charge on any atom is 0.312 e. The normalized spacial score (nSPS) is 19.8. The van der Waals surface area contributed by atoms with Gasteiger partial charge in [-0.15, -0.1) is 0 Å². The molecule has 184 valence electrons. The van der Waals surface area contributed by atoms with Crippen LogP contribution in [0.2, 0.25) is 5.02 Å². The molecular formula is C27H37ClN4O2. The Kier molecular flexibility index (Phi) is 9.36. The van der Waals surface area contributed by atoms with Crippen LogP contribution in [0, 0.1) is 0 Å². The van der Waals surface area contributed by atoms with Gasteiger partial charge in [0, 0.05) is 70.5 Å². The van der Waals surface area contributed by atoms with Crippen molar-refractivity contribution in [3.8, 4) is 0 Å². The van der Waals surface area contributed by atoms with E-state index in [2.05, 4.69) is 31.7 Å². The first-order valence-corrected chi connectivity index (χ1v) is 12.9. The summed E-state index contributed by atoms with van der Waals surface area (Å²) in [6.07, 6.45) is 1.19. The molecule has 0 bridgehead atoms. The van der Waals surface area contributed by atoms with Crippen LogP contribution in [-0.4, -0.2) is 103 Å². The third kappa shape index (κ3) is 7.52. The van der Waals surface area contributed by atoms with Gasteiger partial charge in [-0.25, -0.2) is 0 Å². The van der Waals surface area contributed by atoms with Crippen molar-refractivity contribution < 1.29 is 9.90 Å². The lowest BCUT2D eigenvalue weighted by atomic mass is 9.98. The molecule has 2 heterocycles. The topological polar surface area (TPSA) is 50.3 Å². The average Bonchev–Trinajstić information content (AvgIpc) is 2.86. The van der Waals surface area contributed by atoms with Gasteiger partial charge < -0.3 is 14.9 Å². The molecule has 1 atom stereocenters. The van der Waals surface area contributed by atoms with Gasteiger partial charge in [0.1, 0.15) is 0 Å². The molecule has 0 aliphatic carbocycles. The number of hydrogen-bond acceptors (Lipinski definition) is 5. The fourth-order valence-corrected chi connectivity index (χ4v) is 5.13. The van der Waals surface area contributed by atoms with Gasteiger partial charge >= 0.3 is 5.97 Å². The van der Waals surface area contributed by atoms with Gasteiger partial charge in [0.2, 0.25) is 0 Å². The molecule has 0 spiro atoms. The molecular weight excluding hydrogens is 448 g/mol. The minimum absolute atomic E-state index is 0.453. The lowest BCUT2D eigenvalue weighted by Crippen LogP contribution is -2.49. The van der Waals surface area contributed by atoms with Crippen LogP contribution < -0.4 is 0 Å². The predicted molar refractivity (Wildman–Crippen MR) is 137 cm³/mol. The molecule has 2 aliphatic heterocycles. The van der Waals surface area contributed by atoms with Gasteiger partial charge in [-0.1, -0.05) is 54.1 Å². The van der Waals surface area contributed by atoms with Crippen molar-refractivity contribution in [3.63, 3.8) is 0 Å². The van der Waals surface area contributed by atoms with E-state index in [1.54, 1.807) is 0 Å². The Hall–Kier alpha value is -1.96. The summed E-state index contributed by atoms with van der Waals surface area (Å²) < 4.78 is 0. The molecule has 2 fully saturated rings. The van der Waals surface area contributed by atoms with Crippen LogP contribution in [0.15, 0.2) is 54.6 Å². The molecule has 6 nitrogen and oxygen atoms in total. The zero-order chi connectivity index (χ0) is 23.8. The monoisotopic (exact) mass is 484 g/mol. The number of hydrogen-bond donors (Lipinski definition) is 1. The number of aliphatic carboxylic acids is 1. The molecule has 2 saturated heterocycles. The Morgan fingerprint density at radius 1 is 0.765 bits per heavy atom. The SMILES string of the molecule is O=C(O)C(CN1CCN(CCCN2CCN(Cc3ccc(Cl)cc3)CC2)CC1)c1ccccc1. The van der Waals surface area contributed by atoms with Gasteiger partial charge in [0.25, 0.3) is 0 Å². The summed E-state index contributed by atoms with van der Waals surface area (Å²) in [4.78, 5) is 21.8. The average molecular weight is 485 g/mol. The van der Waals surface area contributed by atoms with Crippen molar-refractivity contribution in [2.45, 2.75) is 18.9 Å². The quantitative estimate of drug-likeness (QED) is 0.558. The Bertz CT molecular complexity index is 879. The molecule has 0 radical (unpaired) electrons. The van der Waals surface area contributed by atoms with Crippen LogP contribution in [0.5, 0.6) is 0 Å². The number of carbonyl (C=O) groups is 1. The number of carboxylic acids is 1. The molecule has 2 aliphatic rings. The zero-order valence-electron chi connectivity index (χ0n) is 20.0. The van der Waals surface area contributed by atoms with E-state index in [4.69, 9.17) is 11.6 Å². The molecule has 0 saturated carbocycles. The Morgan fingerprint density at radius 3 is 1.85 bits per heavy atom. The van der Waals surface area contributed by atoms with E-state index in [0.717, 1.165) is 82.6 Å². The van der Waals surface area contributed by atoms with E-state index in [1.807, 2.05) is 42.5 Å². The maximum atomic E-state index is 11.8. The van der Waals surface area contributed by atoms with E-state index < -0.39 is 11.9 Å². The minimum atomic E-state index is -0.734. The summed E-state index contributed by atoms with van der Waals surface area (Å²) in [5.41, 5.74) is 2.22. The summed E-state index contributed by atoms with van der Waals surface area (Å²) in [5, 5.41) is 10.5. The summed E-state index contributed by atoms with van der Waals surface area (Å²) in [7, 11) is 0. The van der Waals surface area contributed by atoms with Crippen molar-refractivity contribution in [1.29, 1.82) is 0 Å². The largest absolute Gasteiger partial charge is 0.481 e. The molecule has 2 aromatic carbocycles. The number of piperazine rings is 2. The van der Waals surface area contributed by atoms with Crippen molar-refractivity contribution in [2.75, 3.05) is 72.0 Å². The maximum absolute atomic E-state index is 11.8. The van der Waals surface area contributed by atoms with Gasteiger partial charge in [0.15, 0.2) is 0 Å². The van der Waals surface area contributed by atoms with Crippen LogP contribution >= 0.6 is 11.6 Å². The highest BCUT2D eigenvalue weighted by Crippen LogP contribution is 2.19. The van der Waals surface area contributed by atoms with Crippen LogP contribution in [0.25, 0.3) is 0 Å². The first-order valence-electron chi connectivity index (χ1n) is 12.5. The van der Waals surface area contributed by atoms with E-state index in [1.165, 1.54) is 12.0 Å². The fourth-order valence-electron chi connectivity index (χ4n) is 5.00. The molecule has 1 N–H and O–H groups in total. The molecule has 2 aromatic rings. The highest BCUT2D eigenvalue weighted by molar-refractivity contribution is 6.30. The van der Waals surface area contributed by atoms with Crippen LogP contribution in [0.4, 0.5) is 0 Å². The van der Waals surface area contributed by atoms with E-state index in [0.29, 0.717) is 6.54 Å². The molecule has 1 unspecified atom stereocenters. The van der Waals surface area contributed by atoms with E-state index >= 15 is 0 Å². The Labute approximate surface area is 208 Å². The molecule has 7 heteroatoms. The molecule has 4 rings (SSSR count). The van der Waals surface area contributed by atoms with Gasteiger partial charge in [-0.2, -0.15) is 0 Å². The third-order valence-corrected chi connectivity index (χ3v) is 7.39. The Balaban J connectivity index is 1.10. The van der Waals surface area contributed by atoms with E-state index in [9.17, 15) is 9.90 Å². The van der Waals surface area contributed by atoms with Crippen molar-refractivity contribution >= 4 is 17.6 Å². The van der Waals surface area contributed by atoms with Crippen molar-refractivity contribution in [1.82, 2.24) is 19.6 Å². The lowest BCUT2D eigenvalue weighted by Gasteiger charge is -2.37. The standard InChI is InChI=1S/C27H37ClN4O2/c28-25-9-7-23(8-10-25)21-31-17-13-29(14-18-31)11-4-12-30-15-19-32(20-16-30)22-26(27(33)34)24-5-2-1-3-6-24/h1-3,5-10,26H,4,11-22H2,(H,33,34). The number of carboxylic acid groups (broad SMARTS) is 1. The zero-order valence-corrected chi connectivity index (χ0v) is 20.7. The van der Waals surface area contributed by atoms with Crippen LogP contribution in [0.1, 0.15) is 23.5 Å². The predicted octanol–water partition coefficient (Wildman–Crippen LogP) is 3.33. The minimum Gasteiger partial charge on any atom is -0.481 e. The van der Waals surface area contributed by atoms with Crippen LogP contribution in [-0.2, 0) is 11.3 Å². The molecule has 0 aromatic heterocycles. The molecule has 34 heavy (non-hydrogen) atoms. The first-order chi connectivity index (χ1) is 16.6. The van der Waals surface area contributed by atoms with Gasteiger partial charge in [-0.05, 0) is 42.8 Å². The Morgan fingerprint density at radius 2 is 1.29 bits per heavy atom. The van der Waals surface area contributed by atoms with Gasteiger partial charge in [-0.3, -0.25) is 14.6 Å². The van der Waals surface area contributed by atoms with Crippen LogP contribution in [0.3, 0.4) is 0 Å². The lowest BCUT2D eigenvalue weighted by molar-refractivity contribution is -0.139. The third-order valence-electron chi connectivity index (χ3n) is 7.14. The number of rotatable bonds is 10. The second-order valence-electron chi connectivity index (χ2n) is 9.54. The number of benzene rings is 2. The number of nitrogens with zero attached hydrogens (tertiary/aromatic N) is 4. The summed E-state index contributed by atoms with van der Waals surface area (Å²) >= 11 is 5.99. The van der Waals surface area contributed by atoms with Crippen molar-refractivity contribution in [3.05, 3.63) is 70.7 Å². The fraction of sp³-hybridized carbons (Fsp3) is 0.519. The van der Waals surface area contributed by atoms with E-state index in [-0.39, 0.29) is 0 Å². The summed E-state index contributed by atoms with van der Waals surface area (Å²) in [6, 6.07) is 17.8. The highest BCUT2D eigenvalue weighted by Gasteiger charge is 2.25. The summed E-state index contributed by atoms with van der Waals surface area (Å²) in [5.74, 6) is -1.19. The smallest absolute Gasteiger partial charge is 0.312 e. The second kappa shape index (κ2) is 12.7. The summed E-state index contributed by atoms with van der Waals surface area (Å²) in [6.45, 7) is 12.3. The first kappa shape index (κ1) is 25.1.